The van der Waals surface area contributed by atoms with Crippen LogP contribution >= 0.6 is 12.6 Å². The first kappa shape index (κ1) is 5.89. The van der Waals surface area contributed by atoms with E-state index in [0.29, 0.717) is 6.61 Å². The molecular formula is C4H8OS. The highest BCUT2D eigenvalue weighted by Gasteiger charge is 1.69. The van der Waals surface area contributed by atoms with Gasteiger partial charge in [0.25, 0.3) is 0 Å². The van der Waals surface area contributed by atoms with Crippen molar-refractivity contribution in [1.29, 1.82) is 0 Å². The highest BCUT2D eigenvalue weighted by Crippen LogP contribution is 1.74. The van der Waals surface area contributed by atoms with Crippen molar-refractivity contribution in [2.45, 2.75) is 0 Å². The summed E-state index contributed by atoms with van der Waals surface area (Å²) in [7, 11) is 0. The minimum atomic E-state index is 0.659. The zero-order valence-corrected chi connectivity index (χ0v) is 4.45. The summed E-state index contributed by atoms with van der Waals surface area (Å²) in [5.74, 6) is 0.756. The molecule has 0 amide bonds. The summed E-state index contributed by atoms with van der Waals surface area (Å²) in [4.78, 5) is 0. The van der Waals surface area contributed by atoms with Crippen molar-refractivity contribution >= 4 is 12.6 Å². The third-order valence-corrected chi connectivity index (χ3v) is 0.510. The zero-order chi connectivity index (χ0) is 4.83. The second-order valence-corrected chi connectivity index (χ2v) is 1.21. The molecule has 36 valence electrons. The first-order valence-electron chi connectivity index (χ1n) is 1.75. The molecule has 0 saturated carbocycles. The average Bonchev–Trinajstić information content (AvgIpc) is 1.61. The van der Waals surface area contributed by atoms with Gasteiger partial charge in [-0.15, -0.1) is 0 Å². The fourth-order valence-electron chi connectivity index (χ4n) is 0.136. The maximum absolute atomic E-state index is 4.67. The van der Waals surface area contributed by atoms with Crippen LogP contribution in [0.2, 0.25) is 0 Å². The molecule has 0 saturated heterocycles. The van der Waals surface area contributed by atoms with E-state index in [9.17, 15) is 0 Å². The van der Waals surface area contributed by atoms with Crippen molar-refractivity contribution in [2.24, 2.45) is 0 Å². The van der Waals surface area contributed by atoms with Gasteiger partial charge in [-0.3, -0.25) is 0 Å². The lowest BCUT2D eigenvalue weighted by Gasteiger charge is -1.89. The number of rotatable bonds is 3. The van der Waals surface area contributed by atoms with Crippen LogP contribution in [0, 0.1) is 0 Å². The van der Waals surface area contributed by atoms with Crippen LogP contribution in [0.3, 0.4) is 0 Å². The van der Waals surface area contributed by atoms with E-state index >= 15 is 0 Å². The van der Waals surface area contributed by atoms with Gasteiger partial charge in [0.1, 0.15) is 0 Å². The lowest BCUT2D eigenvalue weighted by molar-refractivity contribution is 0.274. The number of hydrogen-bond donors (Lipinski definition) is 1. The van der Waals surface area contributed by atoms with E-state index < -0.39 is 0 Å². The second-order valence-electron chi connectivity index (χ2n) is 0.761. The van der Waals surface area contributed by atoms with Crippen molar-refractivity contribution in [1.82, 2.24) is 0 Å². The largest absolute Gasteiger partial charge is 0.501 e. The second kappa shape index (κ2) is 4.89. The molecule has 1 nitrogen and oxygen atoms in total. The summed E-state index contributed by atoms with van der Waals surface area (Å²) in [6.45, 7) is 4.00. The molecule has 0 N–H and O–H groups in total. The van der Waals surface area contributed by atoms with Gasteiger partial charge in [0.05, 0.1) is 12.9 Å². The topological polar surface area (TPSA) is 9.23 Å². The van der Waals surface area contributed by atoms with Crippen molar-refractivity contribution in [3.8, 4) is 0 Å². The van der Waals surface area contributed by atoms with Crippen LogP contribution in [0.5, 0.6) is 0 Å². The Bertz CT molecular complexity index is 36.5. The van der Waals surface area contributed by atoms with E-state index in [2.05, 4.69) is 23.9 Å². The smallest absolute Gasteiger partial charge is 0.0960 e. The minimum absolute atomic E-state index is 0.659. The third kappa shape index (κ3) is 3.89. The molecular weight excluding hydrogens is 96.1 g/mol. The van der Waals surface area contributed by atoms with E-state index in [1.54, 1.807) is 0 Å². The van der Waals surface area contributed by atoms with Crippen LogP contribution in [0.25, 0.3) is 0 Å². The molecule has 6 heavy (non-hydrogen) atoms. The Balaban J connectivity index is 2.49. The van der Waals surface area contributed by atoms with E-state index in [4.69, 9.17) is 0 Å². The molecule has 2 heteroatoms. The molecule has 0 bridgehead atoms. The summed E-state index contributed by atoms with van der Waals surface area (Å²) < 4.78 is 4.67. The number of thiol groups is 1. The van der Waals surface area contributed by atoms with Crippen LogP contribution in [-0.2, 0) is 4.74 Å². The van der Waals surface area contributed by atoms with E-state index in [1.165, 1.54) is 6.26 Å². The maximum atomic E-state index is 4.67. The average molecular weight is 104 g/mol. The first-order chi connectivity index (χ1) is 2.91. The van der Waals surface area contributed by atoms with Crippen LogP contribution in [0.4, 0.5) is 0 Å². The Morgan fingerprint density at radius 2 is 2.50 bits per heavy atom. The summed E-state index contributed by atoms with van der Waals surface area (Å²) in [6.07, 6.45) is 1.41. The molecule has 0 aromatic heterocycles. The molecule has 0 aliphatic heterocycles. The maximum Gasteiger partial charge on any atom is 0.0960 e. The lowest BCUT2D eigenvalue weighted by atomic mass is 10.8. The molecule has 0 spiro atoms. The number of hydrogen-bond acceptors (Lipinski definition) is 2. The molecule has 0 unspecified atom stereocenters. The molecule has 0 aliphatic rings. The molecule has 0 aromatic carbocycles. The van der Waals surface area contributed by atoms with Crippen molar-refractivity contribution in [2.75, 3.05) is 12.4 Å². The minimum Gasteiger partial charge on any atom is -0.501 e. The Morgan fingerprint density at radius 3 is 2.67 bits per heavy atom. The third-order valence-electron chi connectivity index (χ3n) is 0.327. The lowest BCUT2D eigenvalue weighted by Crippen LogP contribution is -1.84. The van der Waals surface area contributed by atoms with Gasteiger partial charge in [-0.25, -0.2) is 0 Å². The van der Waals surface area contributed by atoms with Crippen LogP contribution < -0.4 is 0 Å². The summed E-state index contributed by atoms with van der Waals surface area (Å²) >= 11 is 3.88. The predicted octanol–water partition coefficient (Wildman–Crippen LogP) is 1.08. The van der Waals surface area contributed by atoms with Gasteiger partial charge in [-0.1, -0.05) is 6.58 Å². The summed E-state index contributed by atoms with van der Waals surface area (Å²) in [5.41, 5.74) is 0. The normalized spacial score (nSPS) is 7.50. The Hall–Kier alpha value is -0.110. The zero-order valence-electron chi connectivity index (χ0n) is 3.55. The van der Waals surface area contributed by atoms with Crippen LogP contribution in [0.15, 0.2) is 12.8 Å². The Labute approximate surface area is 43.4 Å². The molecule has 0 fully saturated rings. The van der Waals surface area contributed by atoms with Gasteiger partial charge in [0, 0.05) is 5.75 Å². The van der Waals surface area contributed by atoms with E-state index in [0.717, 1.165) is 5.75 Å². The molecule has 0 heterocycles. The molecule has 0 aromatic rings. The van der Waals surface area contributed by atoms with E-state index in [1.807, 2.05) is 0 Å². The molecule has 0 radical (unpaired) electrons. The Kier molecular flexibility index (Phi) is 4.80. The predicted molar refractivity (Wildman–Crippen MR) is 30.0 cm³/mol. The van der Waals surface area contributed by atoms with Gasteiger partial charge in [0.2, 0.25) is 0 Å². The first-order valence-corrected chi connectivity index (χ1v) is 2.38. The van der Waals surface area contributed by atoms with Gasteiger partial charge in [0.15, 0.2) is 0 Å². The van der Waals surface area contributed by atoms with Crippen LogP contribution in [0.1, 0.15) is 0 Å². The van der Waals surface area contributed by atoms with Crippen LogP contribution in [-0.4, -0.2) is 12.4 Å². The Morgan fingerprint density at radius 1 is 1.83 bits per heavy atom. The van der Waals surface area contributed by atoms with Crippen molar-refractivity contribution < 1.29 is 4.74 Å². The van der Waals surface area contributed by atoms with Gasteiger partial charge >= 0.3 is 0 Å². The summed E-state index contributed by atoms with van der Waals surface area (Å²) in [6, 6.07) is 0. The van der Waals surface area contributed by atoms with Crippen molar-refractivity contribution in [3.63, 3.8) is 0 Å². The highest BCUT2D eigenvalue weighted by atomic mass is 32.1. The molecule has 0 rings (SSSR count). The van der Waals surface area contributed by atoms with Gasteiger partial charge < -0.3 is 4.74 Å². The monoisotopic (exact) mass is 104 g/mol. The van der Waals surface area contributed by atoms with Crippen molar-refractivity contribution in [3.05, 3.63) is 12.8 Å². The van der Waals surface area contributed by atoms with E-state index in [-0.39, 0.29) is 0 Å². The fourth-order valence-corrected chi connectivity index (χ4v) is 0.241. The number of ether oxygens (including phenoxy) is 1. The quantitative estimate of drug-likeness (QED) is 0.320. The molecule has 0 atom stereocenters. The van der Waals surface area contributed by atoms with Gasteiger partial charge in [-0.2, -0.15) is 12.6 Å². The molecule has 0 aliphatic carbocycles. The SMILES string of the molecule is C=COCCS. The standard InChI is InChI=1S/C4H8OS/c1-2-5-3-4-6/h2,6H,1,3-4H2. The highest BCUT2D eigenvalue weighted by molar-refractivity contribution is 7.80. The fraction of sp³-hybridized carbons (Fsp3) is 0.500. The van der Waals surface area contributed by atoms with Gasteiger partial charge in [-0.05, 0) is 0 Å². The summed E-state index contributed by atoms with van der Waals surface area (Å²) in [5, 5.41) is 0.